The second-order valence-electron chi connectivity index (χ2n) is 4.74. The quantitative estimate of drug-likeness (QED) is 0.788. The summed E-state index contributed by atoms with van der Waals surface area (Å²) in [6.45, 7) is 6.43. The molecule has 17 heavy (non-hydrogen) atoms. The predicted molar refractivity (Wildman–Crippen MR) is 71.0 cm³/mol. The lowest BCUT2D eigenvalue weighted by Crippen LogP contribution is -2.41. The first-order valence-corrected chi connectivity index (χ1v) is 7.87. The van der Waals surface area contributed by atoms with Crippen molar-refractivity contribution in [2.24, 2.45) is 5.41 Å². The Bertz CT molecular complexity index is 286. The van der Waals surface area contributed by atoms with E-state index in [4.69, 9.17) is 9.05 Å². The maximum Gasteiger partial charge on any atom is 0.335 e. The third kappa shape index (κ3) is 2.71. The smallest absolute Gasteiger partial charge is 0.315 e. The van der Waals surface area contributed by atoms with Crippen LogP contribution in [0.15, 0.2) is 0 Å². The van der Waals surface area contributed by atoms with E-state index in [1.165, 1.54) is 6.42 Å². The van der Waals surface area contributed by atoms with Gasteiger partial charge in [0, 0.05) is 13.1 Å². The highest BCUT2D eigenvalue weighted by Crippen LogP contribution is 2.64. The molecule has 1 aliphatic carbocycles. The molecule has 1 unspecified atom stereocenters. The highest BCUT2D eigenvalue weighted by molar-refractivity contribution is 7.54. The summed E-state index contributed by atoms with van der Waals surface area (Å²) in [5.74, 6) is 0. The molecule has 2 rings (SSSR count). The summed E-state index contributed by atoms with van der Waals surface area (Å²) in [5, 5.41) is 3.36. The topological polar surface area (TPSA) is 47.6 Å². The molecule has 2 fully saturated rings. The van der Waals surface area contributed by atoms with Crippen molar-refractivity contribution in [3.8, 4) is 0 Å². The molecule has 1 aliphatic heterocycles. The van der Waals surface area contributed by atoms with Gasteiger partial charge in [0.25, 0.3) is 0 Å². The lowest BCUT2D eigenvalue weighted by atomic mass is 9.68. The minimum atomic E-state index is -2.92. The summed E-state index contributed by atoms with van der Waals surface area (Å²) in [6, 6.07) is 0. The molecule has 2 aliphatic rings. The van der Waals surface area contributed by atoms with Crippen LogP contribution in [0.5, 0.6) is 0 Å². The third-order valence-electron chi connectivity index (χ3n) is 3.87. The molecule has 1 heterocycles. The second-order valence-corrected chi connectivity index (χ2v) is 6.96. The molecule has 0 aromatic rings. The third-order valence-corrected chi connectivity index (χ3v) is 6.60. The standard InChI is InChI=1S/C11H22NO3P.ClH/c1-3-14-16(13,15-4-2)10-8-12-9-11(10)6-5-7-11;/h10,12H,3-9H2,1-2H3;1H. The second kappa shape index (κ2) is 6.03. The number of halogens is 1. The highest BCUT2D eigenvalue weighted by Gasteiger charge is 2.56. The molecule has 1 atom stereocenters. The molecule has 1 N–H and O–H groups in total. The van der Waals surface area contributed by atoms with Crippen molar-refractivity contribution in [3.05, 3.63) is 0 Å². The molecule has 0 radical (unpaired) electrons. The minimum absolute atomic E-state index is 0. The first-order chi connectivity index (χ1) is 7.67. The van der Waals surface area contributed by atoms with Crippen molar-refractivity contribution in [2.45, 2.75) is 38.8 Å². The van der Waals surface area contributed by atoms with E-state index in [1.54, 1.807) is 0 Å². The molecule has 102 valence electrons. The van der Waals surface area contributed by atoms with E-state index in [2.05, 4.69) is 5.32 Å². The molecule has 0 bridgehead atoms. The van der Waals surface area contributed by atoms with Crippen molar-refractivity contribution in [1.82, 2.24) is 5.32 Å². The van der Waals surface area contributed by atoms with E-state index >= 15 is 0 Å². The van der Waals surface area contributed by atoms with Crippen LogP contribution in [-0.4, -0.2) is 32.0 Å². The Morgan fingerprint density at radius 1 is 1.29 bits per heavy atom. The van der Waals surface area contributed by atoms with Crippen LogP contribution in [-0.2, 0) is 13.6 Å². The maximum atomic E-state index is 12.7. The van der Waals surface area contributed by atoms with Crippen molar-refractivity contribution in [2.75, 3.05) is 26.3 Å². The fourth-order valence-electron chi connectivity index (χ4n) is 2.96. The zero-order chi connectivity index (χ0) is 11.6. The largest absolute Gasteiger partial charge is 0.335 e. The molecule has 1 saturated heterocycles. The summed E-state index contributed by atoms with van der Waals surface area (Å²) >= 11 is 0. The van der Waals surface area contributed by atoms with Gasteiger partial charge in [-0.05, 0) is 32.1 Å². The van der Waals surface area contributed by atoms with E-state index in [0.717, 1.165) is 25.9 Å². The van der Waals surface area contributed by atoms with Crippen LogP contribution in [0, 0.1) is 5.41 Å². The Balaban J connectivity index is 0.00000144. The lowest BCUT2D eigenvalue weighted by Gasteiger charge is -2.44. The van der Waals surface area contributed by atoms with Crippen molar-refractivity contribution >= 4 is 20.0 Å². The zero-order valence-corrected chi connectivity index (χ0v) is 12.3. The molecular weight excluding hydrogens is 261 g/mol. The molecule has 4 nitrogen and oxygen atoms in total. The zero-order valence-electron chi connectivity index (χ0n) is 10.6. The van der Waals surface area contributed by atoms with Gasteiger partial charge in [0.1, 0.15) is 0 Å². The fraction of sp³-hybridized carbons (Fsp3) is 1.00. The molecule has 1 saturated carbocycles. The van der Waals surface area contributed by atoms with Crippen LogP contribution in [0.3, 0.4) is 0 Å². The summed E-state index contributed by atoms with van der Waals surface area (Å²) in [6.07, 6.45) is 3.57. The summed E-state index contributed by atoms with van der Waals surface area (Å²) in [5.41, 5.74) is 0.258. The van der Waals surface area contributed by atoms with Gasteiger partial charge in [-0.2, -0.15) is 0 Å². The first-order valence-electron chi connectivity index (χ1n) is 6.26. The van der Waals surface area contributed by atoms with Crippen LogP contribution >= 0.6 is 20.0 Å². The maximum absolute atomic E-state index is 12.7. The molecule has 0 aromatic heterocycles. The molecule has 0 amide bonds. The van der Waals surface area contributed by atoms with Crippen LogP contribution < -0.4 is 5.32 Å². The molecular formula is C11H23ClNO3P. The van der Waals surface area contributed by atoms with Gasteiger partial charge in [-0.3, -0.25) is 4.57 Å². The van der Waals surface area contributed by atoms with Crippen LogP contribution in [0.4, 0.5) is 0 Å². The number of hydrogen-bond donors (Lipinski definition) is 1. The normalized spacial score (nSPS) is 26.6. The van der Waals surface area contributed by atoms with E-state index < -0.39 is 7.60 Å². The van der Waals surface area contributed by atoms with Crippen LogP contribution in [0.2, 0.25) is 0 Å². The molecule has 0 aromatic carbocycles. The van der Waals surface area contributed by atoms with Crippen LogP contribution in [0.1, 0.15) is 33.1 Å². The Hall–Kier alpha value is 0.400. The van der Waals surface area contributed by atoms with Gasteiger partial charge in [0.05, 0.1) is 18.9 Å². The average molecular weight is 284 g/mol. The highest BCUT2D eigenvalue weighted by atomic mass is 35.5. The lowest BCUT2D eigenvalue weighted by molar-refractivity contribution is 0.133. The Labute approximate surface area is 110 Å². The van der Waals surface area contributed by atoms with Crippen molar-refractivity contribution in [3.63, 3.8) is 0 Å². The van der Waals surface area contributed by atoms with Crippen molar-refractivity contribution < 1.29 is 13.6 Å². The van der Waals surface area contributed by atoms with Gasteiger partial charge in [0.15, 0.2) is 0 Å². The molecule has 1 spiro atoms. The number of nitrogens with one attached hydrogen (secondary N) is 1. The van der Waals surface area contributed by atoms with E-state index in [0.29, 0.717) is 13.2 Å². The van der Waals surface area contributed by atoms with Gasteiger partial charge in [-0.1, -0.05) is 6.42 Å². The number of hydrogen-bond acceptors (Lipinski definition) is 4. The van der Waals surface area contributed by atoms with Crippen molar-refractivity contribution in [1.29, 1.82) is 0 Å². The van der Waals surface area contributed by atoms with E-state index in [-0.39, 0.29) is 23.5 Å². The Kier molecular flexibility index (Phi) is 5.48. The Morgan fingerprint density at radius 2 is 1.88 bits per heavy atom. The van der Waals surface area contributed by atoms with E-state index in [9.17, 15) is 4.57 Å². The van der Waals surface area contributed by atoms with Gasteiger partial charge in [-0.25, -0.2) is 0 Å². The number of rotatable bonds is 5. The predicted octanol–water partition coefficient (Wildman–Crippen LogP) is 2.82. The molecule has 6 heteroatoms. The van der Waals surface area contributed by atoms with Gasteiger partial charge in [-0.15, -0.1) is 12.4 Å². The summed E-state index contributed by atoms with van der Waals surface area (Å²) < 4.78 is 23.7. The van der Waals surface area contributed by atoms with Gasteiger partial charge >= 0.3 is 7.60 Å². The summed E-state index contributed by atoms with van der Waals surface area (Å²) in [7, 11) is -2.92. The first kappa shape index (κ1) is 15.5. The average Bonchev–Trinajstić information content (AvgIpc) is 2.62. The SMILES string of the molecule is CCOP(=O)(OCC)C1CNCC12CCC2.Cl. The minimum Gasteiger partial charge on any atom is -0.315 e. The fourth-order valence-corrected chi connectivity index (χ4v) is 5.48. The monoisotopic (exact) mass is 283 g/mol. The Morgan fingerprint density at radius 3 is 2.29 bits per heavy atom. The van der Waals surface area contributed by atoms with E-state index in [1.807, 2.05) is 13.8 Å². The summed E-state index contributed by atoms with van der Waals surface area (Å²) in [4.78, 5) is 0. The van der Waals surface area contributed by atoms with Crippen LogP contribution in [0.25, 0.3) is 0 Å². The van der Waals surface area contributed by atoms with Gasteiger partial charge in [0.2, 0.25) is 0 Å². The van der Waals surface area contributed by atoms with Gasteiger partial charge < -0.3 is 14.4 Å².